The number of carbonyl (C=O) groups is 2. The van der Waals surface area contributed by atoms with E-state index in [1.807, 2.05) is 6.07 Å². The van der Waals surface area contributed by atoms with Gasteiger partial charge < -0.3 is 10.6 Å². The lowest BCUT2D eigenvalue weighted by atomic mass is 10.1. The Labute approximate surface area is 168 Å². The van der Waals surface area contributed by atoms with Gasteiger partial charge in [0, 0.05) is 29.4 Å². The zero-order valence-electron chi connectivity index (χ0n) is 15.9. The zero-order chi connectivity index (χ0) is 20.1. The van der Waals surface area contributed by atoms with Crippen molar-refractivity contribution in [2.24, 2.45) is 0 Å². The Hall–Kier alpha value is -3.12. The minimum absolute atomic E-state index is 0.139. The van der Waals surface area contributed by atoms with E-state index in [2.05, 4.69) is 41.6 Å². The van der Waals surface area contributed by atoms with E-state index in [1.54, 1.807) is 42.6 Å². The monoisotopic (exact) mass is 391 g/mol. The Balaban J connectivity index is 1.77. The van der Waals surface area contributed by atoms with Crippen LogP contribution in [0.15, 0.2) is 70.7 Å². The molecule has 0 bridgehead atoms. The first-order valence-corrected chi connectivity index (χ1v) is 9.63. The maximum atomic E-state index is 12.8. The number of nitrogens with zero attached hydrogens (tertiary/aromatic N) is 1. The number of anilines is 2. The van der Waals surface area contributed by atoms with Crippen molar-refractivity contribution in [2.45, 2.75) is 30.7 Å². The summed E-state index contributed by atoms with van der Waals surface area (Å²) in [5.41, 5.74) is 4.26. The van der Waals surface area contributed by atoms with Crippen molar-refractivity contribution in [2.75, 3.05) is 10.6 Å². The Kier molecular flexibility index (Phi) is 6.11. The minimum atomic E-state index is -0.230. The third-order valence-corrected chi connectivity index (χ3v) is 5.18. The second-order valence-electron chi connectivity index (χ2n) is 6.42. The van der Waals surface area contributed by atoms with Crippen LogP contribution in [-0.4, -0.2) is 16.8 Å². The largest absolute Gasteiger partial charge is 0.326 e. The summed E-state index contributed by atoms with van der Waals surface area (Å²) in [6.07, 6.45) is 1.68. The van der Waals surface area contributed by atoms with Crippen molar-refractivity contribution in [1.29, 1.82) is 0 Å². The summed E-state index contributed by atoms with van der Waals surface area (Å²) in [5.74, 6) is -0.369. The molecular weight excluding hydrogens is 370 g/mol. The quantitative estimate of drug-likeness (QED) is 0.638. The van der Waals surface area contributed by atoms with Crippen LogP contribution in [0.3, 0.4) is 0 Å². The van der Waals surface area contributed by atoms with Gasteiger partial charge in [-0.1, -0.05) is 17.8 Å². The Morgan fingerprint density at radius 1 is 0.893 bits per heavy atom. The number of hydrogen-bond acceptors (Lipinski definition) is 4. The lowest BCUT2D eigenvalue weighted by molar-refractivity contribution is -0.114. The second kappa shape index (κ2) is 8.71. The van der Waals surface area contributed by atoms with E-state index in [-0.39, 0.29) is 11.8 Å². The molecule has 2 amide bonds. The molecular formula is C22H21N3O2S. The minimum Gasteiger partial charge on any atom is -0.326 e. The first-order chi connectivity index (χ1) is 13.4. The van der Waals surface area contributed by atoms with Gasteiger partial charge in [0.25, 0.3) is 5.91 Å². The van der Waals surface area contributed by atoms with Crippen LogP contribution in [0.4, 0.5) is 11.4 Å². The van der Waals surface area contributed by atoms with E-state index in [1.165, 1.54) is 29.8 Å². The Morgan fingerprint density at radius 3 is 2.21 bits per heavy atom. The van der Waals surface area contributed by atoms with Gasteiger partial charge in [-0.25, -0.2) is 4.98 Å². The summed E-state index contributed by atoms with van der Waals surface area (Å²) in [5, 5.41) is 6.23. The van der Waals surface area contributed by atoms with Crippen molar-refractivity contribution >= 4 is 35.0 Å². The van der Waals surface area contributed by atoms with E-state index in [0.29, 0.717) is 22.0 Å². The number of carbonyl (C=O) groups excluding carboxylic acids is 2. The van der Waals surface area contributed by atoms with E-state index in [4.69, 9.17) is 0 Å². The predicted octanol–water partition coefficient (Wildman–Crippen LogP) is 5.06. The molecule has 0 unspecified atom stereocenters. The molecule has 0 saturated carbocycles. The van der Waals surface area contributed by atoms with Crippen LogP contribution in [0, 0.1) is 13.8 Å². The smallest absolute Gasteiger partial charge is 0.258 e. The normalized spacial score (nSPS) is 10.4. The number of aromatic nitrogens is 1. The molecule has 0 aliphatic carbocycles. The molecule has 0 aliphatic heterocycles. The maximum absolute atomic E-state index is 12.8. The average molecular weight is 391 g/mol. The van der Waals surface area contributed by atoms with Crippen LogP contribution in [0.1, 0.15) is 28.4 Å². The first kappa shape index (κ1) is 19.6. The molecule has 0 spiro atoms. The van der Waals surface area contributed by atoms with Crippen LogP contribution in [-0.2, 0) is 4.79 Å². The number of amides is 2. The highest BCUT2D eigenvalue weighted by molar-refractivity contribution is 7.99. The Bertz CT molecular complexity index is 1020. The summed E-state index contributed by atoms with van der Waals surface area (Å²) in [7, 11) is 0. The summed E-state index contributed by atoms with van der Waals surface area (Å²) in [6, 6.07) is 16.7. The first-order valence-electron chi connectivity index (χ1n) is 8.81. The molecule has 28 heavy (non-hydrogen) atoms. The zero-order valence-corrected chi connectivity index (χ0v) is 16.8. The fourth-order valence-corrected chi connectivity index (χ4v) is 3.55. The Morgan fingerprint density at radius 2 is 1.57 bits per heavy atom. The van der Waals surface area contributed by atoms with Gasteiger partial charge in [-0.2, -0.15) is 0 Å². The van der Waals surface area contributed by atoms with Gasteiger partial charge in [0.05, 0.1) is 5.56 Å². The van der Waals surface area contributed by atoms with Crippen LogP contribution in [0.5, 0.6) is 0 Å². The molecule has 0 saturated heterocycles. The number of nitrogens with one attached hydrogen (secondary N) is 2. The maximum Gasteiger partial charge on any atom is 0.258 e. The van der Waals surface area contributed by atoms with Crippen molar-refractivity contribution < 1.29 is 9.59 Å². The van der Waals surface area contributed by atoms with Crippen LogP contribution in [0.2, 0.25) is 0 Å². The molecule has 2 aromatic carbocycles. The average Bonchev–Trinajstić information content (AvgIpc) is 2.66. The molecule has 3 aromatic rings. The van der Waals surface area contributed by atoms with Gasteiger partial charge in [-0.3, -0.25) is 9.59 Å². The number of benzene rings is 2. The third kappa shape index (κ3) is 4.98. The molecule has 2 N–H and O–H groups in total. The van der Waals surface area contributed by atoms with Gasteiger partial charge >= 0.3 is 0 Å². The van der Waals surface area contributed by atoms with Crippen molar-refractivity contribution in [3.8, 4) is 0 Å². The molecule has 6 heteroatoms. The van der Waals surface area contributed by atoms with Gasteiger partial charge in [-0.15, -0.1) is 0 Å². The number of hydrogen-bond donors (Lipinski definition) is 2. The molecule has 0 aliphatic rings. The third-order valence-electron chi connectivity index (χ3n) is 4.17. The van der Waals surface area contributed by atoms with Crippen LogP contribution in [0.25, 0.3) is 0 Å². The molecule has 5 nitrogen and oxygen atoms in total. The highest BCUT2D eigenvalue weighted by Crippen LogP contribution is 2.30. The fraction of sp³-hybridized carbons (Fsp3) is 0.136. The summed E-state index contributed by atoms with van der Waals surface area (Å²) in [4.78, 5) is 29.3. The van der Waals surface area contributed by atoms with Crippen molar-refractivity contribution in [1.82, 2.24) is 4.98 Å². The summed E-state index contributed by atoms with van der Waals surface area (Å²) >= 11 is 1.47. The van der Waals surface area contributed by atoms with Gasteiger partial charge in [-0.05, 0) is 73.5 Å². The van der Waals surface area contributed by atoms with Crippen LogP contribution >= 0.6 is 11.8 Å². The van der Waals surface area contributed by atoms with E-state index in [0.717, 1.165) is 4.90 Å². The molecule has 0 atom stereocenters. The van der Waals surface area contributed by atoms with Crippen LogP contribution < -0.4 is 10.6 Å². The highest BCUT2D eigenvalue weighted by Gasteiger charge is 2.14. The standard InChI is InChI=1S/C22H21N3O2S/c1-14-6-11-19(13-15(14)2)28-22-20(5-4-12-23-22)21(27)25-18-9-7-17(8-10-18)24-16(3)26/h4-13H,1-3H3,(H,24,26)(H,25,27). The highest BCUT2D eigenvalue weighted by atomic mass is 32.2. The fourth-order valence-electron chi connectivity index (χ4n) is 2.57. The van der Waals surface area contributed by atoms with Gasteiger partial charge in [0.1, 0.15) is 5.03 Å². The molecule has 0 radical (unpaired) electrons. The summed E-state index contributed by atoms with van der Waals surface area (Å²) < 4.78 is 0. The number of pyridine rings is 1. The van der Waals surface area contributed by atoms with E-state index < -0.39 is 0 Å². The van der Waals surface area contributed by atoms with Gasteiger partial charge in [0.15, 0.2) is 0 Å². The van der Waals surface area contributed by atoms with Crippen molar-refractivity contribution in [3.63, 3.8) is 0 Å². The lowest BCUT2D eigenvalue weighted by Gasteiger charge is -2.10. The topological polar surface area (TPSA) is 71.1 Å². The van der Waals surface area contributed by atoms with Crippen molar-refractivity contribution in [3.05, 3.63) is 77.5 Å². The van der Waals surface area contributed by atoms with Gasteiger partial charge in [0.2, 0.25) is 5.91 Å². The van der Waals surface area contributed by atoms with E-state index >= 15 is 0 Å². The lowest BCUT2D eigenvalue weighted by Crippen LogP contribution is -2.13. The number of rotatable bonds is 5. The van der Waals surface area contributed by atoms with E-state index in [9.17, 15) is 9.59 Å². The molecule has 3 rings (SSSR count). The summed E-state index contributed by atoms with van der Waals surface area (Å²) in [6.45, 7) is 5.59. The molecule has 0 fully saturated rings. The predicted molar refractivity (Wildman–Crippen MR) is 113 cm³/mol. The molecule has 1 heterocycles. The molecule has 142 valence electrons. The number of aryl methyl sites for hydroxylation is 2. The molecule has 1 aromatic heterocycles. The second-order valence-corrected chi connectivity index (χ2v) is 7.48. The SMILES string of the molecule is CC(=O)Nc1ccc(NC(=O)c2cccnc2Sc2ccc(C)c(C)c2)cc1.